The summed E-state index contributed by atoms with van der Waals surface area (Å²) in [5.41, 5.74) is 7.18. The number of nitrogens with zero attached hydrogens (tertiary/aromatic N) is 1. The van der Waals surface area contributed by atoms with E-state index in [9.17, 15) is 4.79 Å². The molecule has 2 aromatic carbocycles. The Balaban J connectivity index is 1.90. The van der Waals surface area contributed by atoms with E-state index in [1.165, 1.54) is 0 Å². The van der Waals surface area contributed by atoms with Gasteiger partial charge in [0.15, 0.2) is 0 Å². The van der Waals surface area contributed by atoms with Gasteiger partial charge in [0.2, 0.25) is 5.91 Å². The smallest absolute Gasteiger partial charge is 0.230 e. The first-order chi connectivity index (χ1) is 10.1. The fourth-order valence-electron chi connectivity index (χ4n) is 1.91. The maximum Gasteiger partial charge on any atom is 0.230 e. The zero-order valence-electron chi connectivity index (χ0n) is 11.8. The van der Waals surface area contributed by atoms with Crippen LogP contribution in [0.3, 0.4) is 0 Å². The Bertz CT molecular complexity index is 617. The number of hydrogen-bond acceptors (Lipinski definition) is 3. The van der Waals surface area contributed by atoms with Gasteiger partial charge in [0.25, 0.3) is 0 Å². The molecule has 0 heterocycles. The van der Waals surface area contributed by atoms with Crippen molar-refractivity contribution in [2.75, 3.05) is 24.3 Å². The Morgan fingerprint density at radius 3 is 2.62 bits per heavy atom. The van der Waals surface area contributed by atoms with Gasteiger partial charge in [0.1, 0.15) is 5.75 Å². The lowest BCUT2D eigenvalue weighted by molar-refractivity contribution is -0.118. The van der Waals surface area contributed by atoms with Crippen LogP contribution in [0.1, 0.15) is 6.42 Å². The molecule has 0 radical (unpaired) electrons. The minimum atomic E-state index is -0.0417. The number of carbonyl (C=O) groups excluding carboxylic acids is 1. The number of para-hydroxylation sites is 1. The van der Waals surface area contributed by atoms with Gasteiger partial charge < -0.3 is 15.4 Å². The SMILES string of the molecule is CN(C(=O)CCOc1ccccc1)c1ccc(Br)cc1N. The summed E-state index contributed by atoms with van der Waals surface area (Å²) in [6.45, 7) is 0.337. The van der Waals surface area contributed by atoms with E-state index in [4.69, 9.17) is 10.5 Å². The van der Waals surface area contributed by atoms with Crippen molar-refractivity contribution in [2.24, 2.45) is 0 Å². The van der Waals surface area contributed by atoms with E-state index in [0.717, 1.165) is 10.2 Å². The van der Waals surface area contributed by atoms with Crippen molar-refractivity contribution in [1.82, 2.24) is 0 Å². The average Bonchev–Trinajstić information content (AvgIpc) is 2.47. The Kier molecular flexibility index (Phi) is 5.22. The molecule has 0 aliphatic carbocycles. The number of benzene rings is 2. The zero-order chi connectivity index (χ0) is 15.2. The van der Waals surface area contributed by atoms with Gasteiger partial charge in [-0.2, -0.15) is 0 Å². The highest BCUT2D eigenvalue weighted by atomic mass is 79.9. The number of nitrogens with two attached hydrogens (primary N) is 1. The monoisotopic (exact) mass is 348 g/mol. The van der Waals surface area contributed by atoms with Crippen LogP contribution in [0.4, 0.5) is 11.4 Å². The molecule has 0 fully saturated rings. The van der Waals surface area contributed by atoms with Crippen molar-refractivity contribution < 1.29 is 9.53 Å². The Morgan fingerprint density at radius 2 is 1.95 bits per heavy atom. The third kappa shape index (κ3) is 4.23. The number of hydrogen-bond donors (Lipinski definition) is 1. The van der Waals surface area contributed by atoms with E-state index < -0.39 is 0 Å². The molecule has 0 saturated heterocycles. The molecule has 0 unspecified atom stereocenters. The first kappa shape index (κ1) is 15.4. The number of nitrogen functional groups attached to an aromatic ring is 1. The van der Waals surface area contributed by atoms with Crippen LogP contribution in [0.15, 0.2) is 53.0 Å². The van der Waals surface area contributed by atoms with Crippen molar-refractivity contribution in [3.63, 3.8) is 0 Å². The first-order valence-corrected chi connectivity index (χ1v) is 7.36. The molecule has 0 atom stereocenters. The highest BCUT2D eigenvalue weighted by Crippen LogP contribution is 2.26. The molecule has 2 rings (SSSR count). The predicted molar refractivity (Wildman–Crippen MR) is 88.5 cm³/mol. The Labute approximate surface area is 132 Å². The Hall–Kier alpha value is -2.01. The first-order valence-electron chi connectivity index (χ1n) is 6.57. The molecular formula is C16H17BrN2O2. The fraction of sp³-hybridized carbons (Fsp3) is 0.188. The summed E-state index contributed by atoms with van der Waals surface area (Å²) >= 11 is 3.35. The molecule has 0 bridgehead atoms. The van der Waals surface area contributed by atoms with E-state index in [-0.39, 0.29) is 5.91 Å². The lowest BCUT2D eigenvalue weighted by atomic mass is 10.2. The van der Waals surface area contributed by atoms with Gasteiger partial charge in [0, 0.05) is 11.5 Å². The minimum Gasteiger partial charge on any atom is -0.493 e. The largest absolute Gasteiger partial charge is 0.493 e. The van der Waals surface area contributed by atoms with Gasteiger partial charge >= 0.3 is 0 Å². The Morgan fingerprint density at radius 1 is 1.24 bits per heavy atom. The van der Waals surface area contributed by atoms with Crippen molar-refractivity contribution in [3.8, 4) is 5.75 Å². The van der Waals surface area contributed by atoms with Crippen LogP contribution >= 0.6 is 15.9 Å². The maximum absolute atomic E-state index is 12.1. The van der Waals surface area contributed by atoms with Crippen molar-refractivity contribution in [2.45, 2.75) is 6.42 Å². The van der Waals surface area contributed by atoms with Crippen molar-refractivity contribution in [3.05, 3.63) is 53.0 Å². The summed E-state index contributed by atoms with van der Waals surface area (Å²) in [4.78, 5) is 13.7. The highest BCUT2D eigenvalue weighted by Gasteiger charge is 2.13. The molecule has 5 heteroatoms. The van der Waals surface area contributed by atoms with Crippen molar-refractivity contribution in [1.29, 1.82) is 0 Å². The fourth-order valence-corrected chi connectivity index (χ4v) is 2.28. The van der Waals surface area contributed by atoms with Crippen LogP contribution in [0.2, 0.25) is 0 Å². The molecule has 110 valence electrons. The van der Waals surface area contributed by atoms with E-state index in [2.05, 4.69) is 15.9 Å². The van der Waals surface area contributed by atoms with Gasteiger partial charge in [0.05, 0.1) is 24.4 Å². The van der Waals surface area contributed by atoms with E-state index >= 15 is 0 Å². The highest BCUT2D eigenvalue weighted by molar-refractivity contribution is 9.10. The van der Waals surface area contributed by atoms with E-state index in [0.29, 0.717) is 24.4 Å². The zero-order valence-corrected chi connectivity index (χ0v) is 13.3. The molecule has 0 saturated carbocycles. The second-order valence-corrected chi connectivity index (χ2v) is 5.48. The van der Waals surface area contributed by atoms with Crippen LogP contribution in [0.25, 0.3) is 0 Å². The van der Waals surface area contributed by atoms with E-state index in [1.54, 1.807) is 18.0 Å². The number of amides is 1. The molecule has 1 amide bonds. The summed E-state index contributed by atoms with van der Waals surface area (Å²) in [7, 11) is 1.71. The second-order valence-electron chi connectivity index (χ2n) is 4.57. The molecule has 0 aliphatic heterocycles. The van der Waals surface area contributed by atoms with Gasteiger partial charge in [-0.05, 0) is 30.3 Å². The molecule has 2 aromatic rings. The standard InChI is InChI=1S/C16H17BrN2O2/c1-19(15-8-7-12(17)11-14(15)18)16(20)9-10-21-13-5-3-2-4-6-13/h2-8,11H,9-10,18H2,1H3. The summed E-state index contributed by atoms with van der Waals surface area (Å²) < 4.78 is 6.41. The van der Waals surface area contributed by atoms with Crippen LogP contribution in [-0.4, -0.2) is 19.6 Å². The van der Waals surface area contributed by atoms with Crippen LogP contribution in [0.5, 0.6) is 5.75 Å². The number of halogens is 1. The van der Waals surface area contributed by atoms with Crippen molar-refractivity contribution >= 4 is 33.2 Å². The average molecular weight is 349 g/mol. The number of carbonyl (C=O) groups is 1. The molecule has 0 aliphatic rings. The molecule has 2 N–H and O–H groups in total. The lowest BCUT2D eigenvalue weighted by Crippen LogP contribution is -2.28. The topological polar surface area (TPSA) is 55.6 Å². The summed E-state index contributed by atoms with van der Waals surface area (Å²) in [6.07, 6.45) is 0.293. The minimum absolute atomic E-state index is 0.0417. The molecular weight excluding hydrogens is 332 g/mol. The molecule has 0 aromatic heterocycles. The summed E-state index contributed by atoms with van der Waals surface area (Å²) in [5.74, 6) is 0.719. The third-order valence-corrected chi connectivity index (χ3v) is 3.55. The quantitative estimate of drug-likeness (QED) is 0.841. The lowest BCUT2D eigenvalue weighted by Gasteiger charge is -2.19. The molecule has 21 heavy (non-hydrogen) atoms. The summed E-state index contributed by atoms with van der Waals surface area (Å²) in [6, 6.07) is 14.9. The summed E-state index contributed by atoms with van der Waals surface area (Å²) in [5, 5.41) is 0. The maximum atomic E-state index is 12.1. The van der Waals surface area contributed by atoms with E-state index in [1.807, 2.05) is 42.5 Å². The normalized spacial score (nSPS) is 10.2. The third-order valence-electron chi connectivity index (χ3n) is 3.05. The van der Waals surface area contributed by atoms with Gasteiger partial charge in [-0.15, -0.1) is 0 Å². The van der Waals surface area contributed by atoms with Crippen LogP contribution in [-0.2, 0) is 4.79 Å². The van der Waals surface area contributed by atoms with Crippen LogP contribution in [0, 0.1) is 0 Å². The number of rotatable bonds is 5. The van der Waals surface area contributed by atoms with Crippen LogP contribution < -0.4 is 15.4 Å². The molecule has 0 spiro atoms. The predicted octanol–water partition coefficient (Wildman–Crippen LogP) is 3.46. The second kappa shape index (κ2) is 7.13. The number of anilines is 2. The number of ether oxygens (including phenoxy) is 1. The van der Waals surface area contributed by atoms with Gasteiger partial charge in [-0.25, -0.2) is 0 Å². The van der Waals surface area contributed by atoms with Gasteiger partial charge in [-0.3, -0.25) is 4.79 Å². The molecule has 4 nitrogen and oxygen atoms in total. The van der Waals surface area contributed by atoms with Gasteiger partial charge in [-0.1, -0.05) is 34.1 Å².